The predicted octanol–water partition coefficient (Wildman–Crippen LogP) is 1.89. The molecule has 0 aliphatic carbocycles. The van der Waals surface area contributed by atoms with Crippen LogP contribution in [0.3, 0.4) is 0 Å². The van der Waals surface area contributed by atoms with Gasteiger partial charge in [0, 0.05) is 25.2 Å². The molecule has 1 unspecified atom stereocenters. The molecule has 4 heteroatoms. The Morgan fingerprint density at radius 2 is 2.12 bits per heavy atom. The summed E-state index contributed by atoms with van der Waals surface area (Å²) in [7, 11) is 0. The first-order valence-electron chi connectivity index (χ1n) is 5.92. The van der Waals surface area contributed by atoms with Crippen molar-refractivity contribution in [2.45, 2.75) is 25.5 Å². The first-order valence-corrected chi connectivity index (χ1v) is 6.29. The molecule has 1 fully saturated rings. The Morgan fingerprint density at radius 3 is 2.82 bits per heavy atom. The Kier molecular flexibility index (Phi) is 3.61. The highest BCUT2D eigenvalue weighted by Gasteiger charge is 2.32. The highest BCUT2D eigenvalue weighted by Crippen LogP contribution is 2.31. The molecule has 2 N–H and O–H groups in total. The first kappa shape index (κ1) is 12.7. The van der Waals surface area contributed by atoms with E-state index in [1.165, 1.54) is 0 Å². The SMILES string of the molecule is CC1(C)CNCC(O)CN1c1ccccc1Cl. The molecule has 94 valence electrons. The Balaban J connectivity index is 2.36. The second-order valence-corrected chi connectivity index (χ2v) is 5.57. The van der Waals surface area contributed by atoms with Crippen molar-refractivity contribution in [3.05, 3.63) is 29.3 Å². The van der Waals surface area contributed by atoms with Gasteiger partial charge in [0.15, 0.2) is 0 Å². The van der Waals surface area contributed by atoms with Crippen molar-refractivity contribution in [3.63, 3.8) is 0 Å². The quantitative estimate of drug-likeness (QED) is 0.804. The molecule has 0 amide bonds. The molecule has 0 aromatic heterocycles. The average Bonchev–Trinajstić information content (AvgIpc) is 2.38. The van der Waals surface area contributed by atoms with E-state index in [1.54, 1.807) is 0 Å². The van der Waals surface area contributed by atoms with Crippen molar-refractivity contribution in [2.75, 3.05) is 24.5 Å². The van der Waals surface area contributed by atoms with Crippen LogP contribution in [0, 0.1) is 0 Å². The lowest BCUT2D eigenvalue weighted by molar-refractivity contribution is 0.183. The smallest absolute Gasteiger partial charge is 0.0839 e. The Labute approximate surface area is 107 Å². The van der Waals surface area contributed by atoms with Crippen LogP contribution in [0.25, 0.3) is 0 Å². The van der Waals surface area contributed by atoms with Crippen LogP contribution >= 0.6 is 11.6 Å². The predicted molar refractivity (Wildman–Crippen MR) is 71.8 cm³/mol. The van der Waals surface area contributed by atoms with Crippen molar-refractivity contribution < 1.29 is 5.11 Å². The van der Waals surface area contributed by atoms with Crippen LogP contribution < -0.4 is 10.2 Å². The maximum absolute atomic E-state index is 9.90. The van der Waals surface area contributed by atoms with Gasteiger partial charge in [-0.3, -0.25) is 0 Å². The Hall–Kier alpha value is -0.770. The van der Waals surface area contributed by atoms with Crippen molar-refractivity contribution in [3.8, 4) is 0 Å². The number of aliphatic hydroxyl groups is 1. The topological polar surface area (TPSA) is 35.5 Å². The van der Waals surface area contributed by atoms with E-state index in [1.807, 2.05) is 24.3 Å². The van der Waals surface area contributed by atoms with Gasteiger partial charge in [-0.2, -0.15) is 0 Å². The largest absolute Gasteiger partial charge is 0.390 e. The molecule has 1 saturated heterocycles. The molecule has 0 bridgehead atoms. The number of halogens is 1. The number of hydrogen-bond donors (Lipinski definition) is 2. The molecule has 2 rings (SSSR count). The number of rotatable bonds is 1. The minimum Gasteiger partial charge on any atom is -0.390 e. The zero-order valence-corrected chi connectivity index (χ0v) is 11.0. The second kappa shape index (κ2) is 4.84. The van der Waals surface area contributed by atoms with Crippen LogP contribution in [0.1, 0.15) is 13.8 Å². The minimum absolute atomic E-state index is 0.0670. The maximum atomic E-state index is 9.90. The number of para-hydroxylation sites is 1. The number of hydrogen-bond acceptors (Lipinski definition) is 3. The number of β-amino-alcohol motifs (C(OH)–C–C–N with tert-alkyl or cyclic N) is 1. The summed E-state index contributed by atoms with van der Waals surface area (Å²) in [6.07, 6.45) is -0.368. The summed E-state index contributed by atoms with van der Waals surface area (Å²) in [6.45, 7) is 6.37. The highest BCUT2D eigenvalue weighted by atomic mass is 35.5. The van der Waals surface area contributed by atoms with Gasteiger partial charge in [0.2, 0.25) is 0 Å². The van der Waals surface area contributed by atoms with Crippen LogP contribution in [0.5, 0.6) is 0 Å². The van der Waals surface area contributed by atoms with Gasteiger partial charge in [0.05, 0.1) is 16.8 Å². The van der Waals surface area contributed by atoms with Gasteiger partial charge in [0.1, 0.15) is 0 Å². The zero-order chi connectivity index (χ0) is 12.5. The fourth-order valence-corrected chi connectivity index (χ4v) is 2.50. The molecule has 1 aromatic carbocycles. The van der Waals surface area contributed by atoms with E-state index in [0.717, 1.165) is 17.3 Å². The second-order valence-electron chi connectivity index (χ2n) is 5.16. The van der Waals surface area contributed by atoms with Crippen molar-refractivity contribution in [1.29, 1.82) is 0 Å². The van der Waals surface area contributed by atoms with Crippen LogP contribution in [0.4, 0.5) is 5.69 Å². The molecular formula is C13H19ClN2O. The van der Waals surface area contributed by atoms with E-state index in [2.05, 4.69) is 24.1 Å². The van der Waals surface area contributed by atoms with E-state index in [9.17, 15) is 5.11 Å². The number of nitrogens with zero attached hydrogens (tertiary/aromatic N) is 1. The minimum atomic E-state index is -0.368. The van der Waals surface area contributed by atoms with E-state index in [-0.39, 0.29) is 11.6 Å². The summed E-state index contributed by atoms with van der Waals surface area (Å²) in [5, 5.41) is 13.9. The molecule has 1 aliphatic heterocycles. The summed E-state index contributed by atoms with van der Waals surface area (Å²) >= 11 is 6.24. The summed E-state index contributed by atoms with van der Waals surface area (Å²) in [6, 6.07) is 7.78. The zero-order valence-electron chi connectivity index (χ0n) is 10.3. The fourth-order valence-electron chi connectivity index (χ4n) is 2.26. The van der Waals surface area contributed by atoms with Crippen LogP contribution in [-0.2, 0) is 0 Å². The Bertz CT molecular complexity index is 395. The standard InChI is InChI=1S/C13H19ClN2O/c1-13(2)9-15-7-10(17)8-16(13)12-6-4-3-5-11(12)14/h3-6,10,15,17H,7-9H2,1-2H3. The lowest BCUT2D eigenvalue weighted by Gasteiger charge is -2.39. The van der Waals surface area contributed by atoms with E-state index in [0.29, 0.717) is 13.1 Å². The van der Waals surface area contributed by atoms with Crippen LogP contribution in [0.2, 0.25) is 5.02 Å². The number of anilines is 1. The third-order valence-corrected chi connectivity index (χ3v) is 3.52. The molecule has 1 aliphatic rings. The molecule has 0 spiro atoms. The molecule has 1 heterocycles. The van der Waals surface area contributed by atoms with Crippen molar-refractivity contribution in [2.24, 2.45) is 0 Å². The van der Waals surface area contributed by atoms with E-state index >= 15 is 0 Å². The third kappa shape index (κ3) is 2.73. The van der Waals surface area contributed by atoms with Crippen LogP contribution in [0.15, 0.2) is 24.3 Å². The molecule has 3 nitrogen and oxygen atoms in total. The van der Waals surface area contributed by atoms with E-state index < -0.39 is 0 Å². The van der Waals surface area contributed by atoms with Gasteiger partial charge in [-0.1, -0.05) is 23.7 Å². The van der Waals surface area contributed by atoms with Gasteiger partial charge in [-0.15, -0.1) is 0 Å². The first-order chi connectivity index (χ1) is 8.00. The lowest BCUT2D eigenvalue weighted by Crippen LogP contribution is -2.49. The van der Waals surface area contributed by atoms with Gasteiger partial charge in [0.25, 0.3) is 0 Å². The Morgan fingerprint density at radius 1 is 1.41 bits per heavy atom. The number of nitrogens with one attached hydrogen (secondary N) is 1. The van der Waals surface area contributed by atoms with Crippen molar-refractivity contribution in [1.82, 2.24) is 5.32 Å². The van der Waals surface area contributed by atoms with Gasteiger partial charge >= 0.3 is 0 Å². The van der Waals surface area contributed by atoms with Gasteiger partial charge in [-0.05, 0) is 26.0 Å². The summed E-state index contributed by atoms with van der Waals surface area (Å²) in [5.41, 5.74) is 0.921. The number of aliphatic hydroxyl groups excluding tert-OH is 1. The molecule has 0 saturated carbocycles. The van der Waals surface area contributed by atoms with Gasteiger partial charge < -0.3 is 15.3 Å². The van der Waals surface area contributed by atoms with Gasteiger partial charge in [-0.25, -0.2) is 0 Å². The average molecular weight is 255 g/mol. The maximum Gasteiger partial charge on any atom is 0.0839 e. The third-order valence-electron chi connectivity index (χ3n) is 3.20. The lowest BCUT2D eigenvalue weighted by atomic mass is 10.0. The molecule has 1 aromatic rings. The monoisotopic (exact) mass is 254 g/mol. The highest BCUT2D eigenvalue weighted by molar-refractivity contribution is 6.33. The van der Waals surface area contributed by atoms with Crippen LogP contribution in [-0.4, -0.2) is 36.4 Å². The normalized spacial score (nSPS) is 24.5. The summed E-state index contributed by atoms with van der Waals surface area (Å²) < 4.78 is 0. The fraction of sp³-hybridized carbons (Fsp3) is 0.538. The molecule has 17 heavy (non-hydrogen) atoms. The molecule has 0 radical (unpaired) electrons. The van der Waals surface area contributed by atoms with Crippen molar-refractivity contribution >= 4 is 17.3 Å². The summed E-state index contributed by atoms with van der Waals surface area (Å²) in [4.78, 5) is 2.18. The summed E-state index contributed by atoms with van der Waals surface area (Å²) in [5.74, 6) is 0. The molecular weight excluding hydrogens is 236 g/mol. The molecule has 1 atom stereocenters. The number of benzene rings is 1. The van der Waals surface area contributed by atoms with E-state index in [4.69, 9.17) is 11.6 Å².